The Balaban J connectivity index is -0.00000128. The highest BCUT2D eigenvalue weighted by atomic mass is 27.0. The Bertz CT molecular complexity index is 127. The van der Waals surface area contributed by atoms with Crippen LogP contribution in [0.4, 0.5) is 0 Å². The molecule has 0 aliphatic heterocycles. The third kappa shape index (κ3) is 11.9. The maximum Gasteiger partial charge on any atom is 0.187 e. The van der Waals surface area contributed by atoms with E-state index in [0.29, 0.717) is 0 Å². The van der Waals surface area contributed by atoms with Crippen LogP contribution in [0, 0.1) is 0 Å². The molecule has 0 saturated carbocycles. The first kappa shape index (κ1) is 24.5. The van der Waals surface area contributed by atoms with Crippen LogP contribution in [0.3, 0.4) is 0 Å². The van der Waals surface area contributed by atoms with E-state index in [9.17, 15) is 0 Å². The molecule has 0 aliphatic carbocycles. The normalized spacial score (nSPS) is 10.7. The fourth-order valence-electron chi connectivity index (χ4n) is 2.64. The van der Waals surface area contributed by atoms with E-state index in [4.69, 9.17) is 0 Å². The van der Waals surface area contributed by atoms with Gasteiger partial charge in [0.15, 0.2) is 17.4 Å². The van der Waals surface area contributed by atoms with Crippen molar-refractivity contribution < 1.29 is 9.96 Å². The highest BCUT2D eigenvalue weighted by Gasteiger charge is 2.24. The molecule has 0 aliphatic rings. The third-order valence-electron chi connectivity index (χ3n) is 3.94. The number of rotatable bonds is 12. The lowest BCUT2D eigenvalue weighted by atomic mass is 10.1. The monoisotopic (exact) mass is 289 g/mol. The lowest BCUT2D eigenvalue weighted by Gasteiger charge is -2.39. The molecule has 1 N–H and O–H groups in total. The van der Waals surface area contributed by atoms with E-state index in [1.165, 1.54) is 82.0 Å². The highest BCUT2D eigenvalue weighted by Crippen LogP contribution is 2.16. The van der Waals surface area contributed by atoms with Gasteiger partial charge in [0.05, 0.1) is 26.2 Å². The molecule has 0 unspecified atom stereocenters. The summed E-state index contributed by atoms with van der Waals surface area (Å²) in [6.07, 6.45) is 11.1. The van der Waals surface area contributed by atoms with Crippen LogP contribution in [0.1, 0.15) is 79.1 Å². The smallest absolute Gasteiger partial charge is 0.187 e. The zero-order valence-electron chi connectivity index (χ0n) is 13.4. The average Bonchev–Trinajstić information content (AvgIpc) is 2.37. The van der Waals surface area contributed by atoms with Gasteiger partial charge in [-0.3, -0.25) is 0 Å². The first-order valence-electron chi connectivity index (χ1n) is 8.09. The second-order valence-electron chi connectivity index (χ2n) is 5.65. The second kappa shape index (κ2) is 16.5. The molecule has 0 heterocycles. The fourth-order valence-corrected chi connectivity index (χ4v) is 2.64. The van der Waals surface area contributed by atoms with Crippen molar-refractivity contribution in [3.63, 3.8) is 0 Å². The number of hydrogen-bond acceptors (Lipinski definition) is 1. The van der Waals surface area contributed by atoms with Gasteiger partial charge < -0.3 is 9.96 Å². The van der Waals surface area contributed by atoms with E-state index in [1.54, 1.807) is 0 Å². The summed E-state index contributed by atoms with van der Waals surface area (Å²) in [4.78, 5) is 0. The van der Waals surface area contributed by atoms with Crippen molar-refractivity contribution in [2.75, 3.05) is 26.2 Å². The van der Waals surface area contributed by atoms with Gasteiger partial charge >= 0.3 is 0 Å². The summed E-state index contributed by atoms with van der Waals surface area (Å²) in [7, 11) is 0. The average molecular weight is 289 g/mol. The number of unbranched alkanes of at least 4 members (excludes halogenated alkanes) is 4. The standard InChI is InChI=1S/C16H36N.Al.H2O.3H/c1-5-9-13-17(14-10-6-2,15-11-7-3)16-12-8-4;;;;;/h5-16H2,1-4H3;;1H2;;;/q+1;;;;;/p-1. The van der Waals surface area contributed by atoms with Crippen molar-refractivity contribution in [1.82, 2.24) is 0 Å². The molecule has 0 saturated heterocycles. The zero-order chi connectivity index (χ0) is 13.0. The van der Waals surface area contributed by atoms with Crippen molar-refractivity contribution >= 4 is 17.4 Å². The Morgan fingerprint density at radius 1 is 0.526 bits per heavy atom. The van der Waals surface area contributed by atoms with Crippen LogP contribution >= 0.6 is 0 Å². The minimum absolute atomic E-state index is 0. The molecule has 0 spiro atoms. The molecule has 0 aromatic carbocycles. The van der Waals surface area contributed by atoms with E-state index in [2.05, 4.69) is 27.7 Å². The topological polar surface area (TPSA) is 30.0 Å². The van der Waals surface area contributed by atoms with Crippen molar-refractivity contribution in [2.24, 2.45) is 0 Å². The van der Waals surface area contributed by atoms with Gasteiger partial charge in [-0.1, -0.05) is 53.4 Å². The molecule has 19 heavy (non-hydrogen) atoms. The first-order valence-corrected chi connectivity index (χ1v) is 8.09. The van der Waals surface area contributed by atoms with Gasteiger partial charge in [-0.05, 0) is 25.7 Å². The van der Waals surface area contributed by atoms with E-state index in [1.807, 2.05) is 0 Å². The van der Waals surface area contributed by atoms with E-state index in [-0.39, 0.29) is 22.8 Å². The molecule has 0 amide bonds. The molecule has 0 bridgehead atoms. The minimum atomic E-state index is 0. The molecule has 0 atom stereocenters. The first-order chi connectivity index (χ1) is 8.24. The fraction of sp³-hybridized carbons (Fsp3) is 1.00. The van der Waals surface area contributed by atoms with Crippen LogP contribution in [0.25, 0.3) is 0 Å². The molecule has 0 radical (unpaired) electrons. The zero-order valence-corrected chi connectivity index (χ0v) is 13.4. The summed E-state index contributed by atoms with van der Waals surface area (Å²) in [6, 6.07) is 0. The molecule has 3 heteroatoms. The third-order valence-corrected chi connectivity index (χ3v) is 3.94. The largest absolute Gasteiger partial charge is 0.870 e. The lowest BCUT2D eigenvalue weighted by molar-refractivity contribution is -0.929. The summed E-state index contributed by atoms with van der Waals surface area (Å²) in [5.41, 5.74) is 0. The van der Waals surface area contributed by atoms with Gasteiger partial charge in [0.2, 0.25) is 0 Å². The summed E-state index contributed by atoms with van der Waals surface area (Å²) >= 11 is 0. The molecule has 0 rings (SSSR count). The van der Waals surface area contributed by atoms with E-state index >= 15 is 0 Å². The Kier molecular flexibility index (Phi) is 21.3. The molecular weight excluding hydrogens is 249 g/mol. The minimum Gasteiger partial charge on any atom is -0.870 e. The number of hydrogen-bond donors (Lipinski definition) is 0. The Morgan fingerprint density at radius 3 is 0.895 bits per heavy atom. The Morgan fingerprint density at radius 2 is 0.737 bits per heavy atom. The van der Waals surface area contributed by atoms with Crippen molar-refractivity contribution in [3.05, 3.63) is 0 Å². The van der Waals surface area contributed by atoms with Crippen molar-refractivity contribution in [3.8, 4) is 0 Å². The molecular formula is C16H40AlNO. The van der Waals surface area contributed by atoms with Gasteiger partial charge in [-0.15, -0.1) is 0 Å². The summed E-state index contributed by atoms with van der Waals surface area (Å²) in [5.74, 6) is 0. The van der Waals surface area contributed by atoms with Crippen molar-refractivity contribution in [1.29, 1.82) is 0 Å². The molecule has 0 fully saturated rings. The van der Waals surface area contributed by atoms with E-state index < -0.39 is 0 Å². The predicted molar refractivity (Wildman–Crippen MR) is 91.2 cm³/mol. The molecule has 0 aromatic heterocycles. The van der Waals surface area contributed by atoms with Crippen LogP contribution in [-0.2, 0) is 0 Å². The van der Waals surface area contributed by atoms with Crippen LogP contribution in [-0.4, -0.2) is 53.5 Å². The summed E-state index contributed by atoms with van der Waals surface area (Å²) < 4.78 is 1.42. The summed E-state index contributed by atoms with van der Waals surface area (Å²) in [5, 5.41) is 0. The van der Waals surface area contributed by atoms with Gasteiger partial charge in [-0.2, -0.15) is 0 Å². The number of quaternary nitrogens is 1. The number of nitrogens with zero attached hydrogens (tertiary/aromatic N) is 1. The maximum absolute atomic E-state index is 2.33. The Labute approximate surface area is 133 Å². The van der Waals surface area contributed by atoms with Crippen molar-refractivity contribution in [2.45, 2.75) is 79.1 Å². The van der Waals surface area contributed by atoms with Gasteiger partial charge in [0.1, 0.15) is 0 Å². The van der Waals surface area contributed by atoms with E-state index in [0.717, 1.165) is 0 Å². The Hall–Kier alpha value is 0.452. The van der Waals surface area contributed by atoms with Gasteiger partial charge in [0, 0.05) is 0 Å². The molecule has 0 aromatic rings. The van der Waals surface area contributed by atoms with Crippen LogP contribution < -0.4 is 0 Å². The van der Waals surface area contributed by atoms with Gasteiger partial charge in [-0.25, -0.2) is 0 Å². The quantitative estimate of drug-likeness (QED) is 0.398. The molecule has 118 valence electrons. The predicted octanol–water partition coefficient (Wildman–Crippen LogP) is 3.64. The summed E-state index contributed by atoms with van der Waals surface area (Å²) in [6.45, 7) is 15.0. The van der Waals surface area contributed by atoms with Crippen LogP contribution in [0.5, 0.6) is 0 Å². The van der Waals surface area contributed by atoms with Crippen LogP contribution in [0.2, 0.25) is 0 Å². The SMILES string of the molecule is CCCC[N+](CCCC)(CCCC)CCCC.[AlH3].[OH-]. The molecule has 2 nitrogen and oxygen atoms in total. The highest BCUT2D eigenvalue weighted by molar-refractivity contribution is 5.75. The maximum atomic E-state index is 2.33. The van der Waals surface area contributed by atoms with Gasteiger partial charge in [0.25, 0.3) is 0 Å². The lowest BCUT2D eigenvalue weighted by Crippen LogP contribution is -2.50. The van der Waals surface area contributed by atoms with Crippen LogP contribution in [0.15, 0.2) is 0 Å². The second-order valence-corrected chi connectivity index (χ2v) is 5.65.